The SMILES string of the molecule is C[Si](C)(C)OCCCC1=CCC=C1CCCO[Si](C)(C)C. The van der Waals surface area contributed by atoms with Gasteiger partial charge in [-0.05, 0) is 82.5 Å². The van der Waals surface area contributed by atoms with Gasteiger partial charge in [-0.3, -0.25) is 0 Å². The molecule has 1 aliphatic carbocycles. The van der Waals surface area contributed by atoms with Crippen molar-refractivity contribution in [1.29, 1.82) is 0 Å². The average molecular weight is 327 g/mol. The van der Waals surface area contributed by atoms with Gasteiger partial charge in [0.1, 0.15) is 0 Å². The molecule has 0 aromatic rings. The Morgan fingerprint density at radius 2 is 1.14 bits per heavy atom. The van der Waals surface area contributed by atoms with Crippen LogP contribution in [0.2, 0.25) is 39.3 Å². The van der Waals surface area contributed by atoms with Crippen LogP contribution in [-0.2, 0) is 8.85 Å². The van der Waals surface area contributed by atoms with Gasteiger partial charge in [0.15, 0.2) is 16.6 Å². The van der Waals surface area contributed by atoms with Crippen molar-refractivity contribution in [2.75, 3.05) is 13.2 Å². The Balaban J connectivity index is 2.20. The van der Waals surface area contributed by atoms with Crippen molar-refractivity contribution in [3.63, 3.8) is 0 Å². The predicted octanol–water partition coefficient (Wildman–Crippen LogP) is 5.51. The molecule has 4 heteroatoms. The third kappa shape index (κ3) is 9.45. The summed E-state index contributed by atoms with van der Waals surface area (Å²) >= 11 is 0. The van der Waals surface area contributed by atoms with E-state index in [4.69, 9.17) is 8.85 Å². The summed E-state index contributed by atoms with van der Waals surface area (Å²) in [6.45, 7) is 15.4. The van der Waals surface area contributed by atoms with Crippen molar-refractivity contribution in [2.24, 2.45) is 0 Å². The molecule has 0 heterocycles. The van der Waals surface area contributed by atoms with E-state index in [1.807, 2.05) is 0 Å². The molecule has 0 radical (unpaired) electrons. The highest BCUT2D eigenvalue weighted by Gasteiger charge is 2.16. The molecular weight excluding hydrogens is 292 g/mol. The fraction of sp³-hybridized carbons (Fsp3) is 0.765. The van der Waals surface area contributed by atoms with Crippen LogP contribution in [0, 0.1) is 0 Å². The van der Waals surface area contributed by atoms with Gasteiger partial charge in [-0.1, -0.05) is 12.2 Å². The van der Waals surface area contributed by atoms with Gasteiger partial charge >= 0.3 is 0 Å². The Morgan fingerprint density at radius 1 is 0.762 bits per heavy atom. The summed E-state index contributed by atoms with van der Waals surface area (Å²) < 4.78 is 11.9. The van der Waals surface area contributed by atoms with E-state index in [0.29, 0.717) is 0 Å². The average Bonchev–Trinajstić information content (AvgIpc) is 2.75. The van der Waals surface area contributed by atoms with Gasteiger partial charge in [0.25, 0.3) is 0 Å². The largest absolute Gasteiger partial charge is 0.418 e. The maximum atomic E-state index is 5.94. The summed E-state index contributed by atoms with van der Waals surface area (Å²) in [6, 6.07) is 0. The van der Waals surface area contributed by atoms with Crippen LogP contribution in [0.4, 0.5) is 0 Å². The highest BCUT2D eigenvalue weighted by Crippen LogP contribution is 2.27. The Kier molecular flexibility index (Phi) is 7.61. The van der Waals surface area contributed by atoms with E-state index in [2.05, 4.69) is 51.4 Å². The minimum atomic E-state index is -1.34. The van der Waals surface area contributed by atoms with E-state index in [-0.39, 0.29) is 0 Å². The highest BCUT2D eigenvalue weighted by molar-refractivity contribution is 6.70. The first-order chi connectivity index (χ1) is 9.67. The van der Waals surface area contributed by atoms with Crippen molar-refractivity contribution in [1.82, 2.24) is 0 Å². The van der Waals surface area contributed by atoms with Crippen molar-refractivity contribution in [3.05, 3.63) is 23.3 Å². The van der Waals surface area contributed by atoms with Gasteiger partial charge in [0.2, 0.25) is 0 Å². The van der Waals surface area contributed by atoms with Crippen molar-refractivity contribution in [2.45, 2.75) is 71.4 Å². The first-order valence-corrected chi connectivity index (χ1v) is 15.2. The molecule has 0 aromatic carbocycles. The molecule has 0 atom stereocenters. The van der Waals surface area contributed by atoms with Crippen LogP contribution in [0.25, 0.3) is 0 Å². The zero-order valence-electron chi connectivity index (χ0n) is 14.9. The molecule has 0 aromatic heterocycles. The molecule has 0 saturated carbocycles. The van der Waals surface area contributed by atoms with Gasteiger partial charge in [-0.15, -0.1) is 0 Å². The Hall–Kier alpha value is -0.166. The number of rotatable bonds is 10. The highest BCUT2D eigenvalue weighted by atomic mass is 28.4. The van der Waals surface area contributed by atoms with E-state index in [1.54, 1.807) is 11.1 Å². The lowest BCUT2D eigenvalue weighted by Gasteiger charge is -2.18. The van der Waals surface area contributed by atoms with Crippen molar-refractivity contribution >= 4 is 16.6 Å². The molecule has 0 saturated heterocycles. The fourth-order valence-corrected chi connectivity index (χ4v) is 3.93. The van der Waals surface area contributed by atoms with Crippen molar-refractivity contribution < 1.29 is 8.85 Å². The molecule has 21 heavy (non-hydrogen) atoms. The van der Waals surface area contributed by atoms with E-state index in [9.17, 15) is 0 Å². The van der Waals surface area contributed by atoms with Gasteiger partial charge in [0, 0.05) is 13.2 Å². The number of hydrogen-bond donors (Lipinski definition) is 0. The molecule has 2 nitrogen and oxygen atoms in total. The quantitative estimate of drug-likeness (QED) is 0.389. The van der Waals surface area contributed by atoms with Crippen LogP contribution < -0.4 is 0 Å². The summed E-state index contributed by atoms with van der Waals surface area (Å²) in [7, 11) is -2.68. The molecule has 0 bridgehead atoms. The maximum Gasteiger partial charge on any atom is 0.183 e. The normalized spacial score (nSPS) is 16.1. The van der Waals surface area contributed by atoms with E-state index in [1.165, 1.54) is 12.8 Å². The zero-order chi connectivity index (χ0) is 15.9. The van der Waals surface area contributed by atoms with Gasteiger partial charge in [0.05, 0.1) is 0 Å². The molecule has 0 amide bonds. The minimum Gasteiger partial charge on any atom is -0.418 e. The number of hydrogen-bond acceptors (Lipinski definition) is 2. The summed E-state index contributed by atoms with van der Waals surface area (Å²) in [5, 5.41) is 0. The predicted molar refractivity (Wildman–Crippen MR) is 97.8 cm³/mol. The smallest absolute Gasteiger partial charge is 0.183 e. The molecule has 0 spiro atoms. The molecule has 122 valence electrons. The summed E-state index contributed by atoms with van der Waals surface area (Å²) in [5.41, 5.74) is 3.12. The molecule has 0 aliphatic heterocycles. The molecule has 0 N–H and O–H groups in total. The van der Waals surface area contributed by atoms with Gasteiger partial charge in [-0.2, -0.15) is 0 Å². The Labute approximate surface area is 133 Å². The maximum absolute atomic E-state index is 5.94. The molecular formula is C17H34O2Si2. The third-order valence-electron chi connectivity index (χ3n) is 3.39. The number of allylic oxidation sites excluding steroid dienone is 4. The van der Waals surface area contributed by atoms with Gasteiger partial charge in [-0.25, -0.2) is 0 Å². The lowest BCUT2D eigenvalue weighted by molar-refractivity contribution is 0.302. The van der Waals surface area contributed by atoms with Crippen LogP contribution in [0.5, 0.6) is 0 Å². The van der Waals surface area contributed by atoms with E-state index in [0.717, 1.165) is 32.5 Å². The van der Waals surface area contributed by atoms with Crippen LogP contribution >= 0.6 is 0 Å². The van der Waals surface area contributed by atoms with Crippen LogP contribution in [0.1, 0.15) is 32.1 Å². The lowest BCUT2D eigenvalue weighted by atomic mass is 10.0. The van der Waals surface area contributed by atoms with Crippen LogP contribution in [-0.4, -0.2) is 29.8 Å². The standard InChI is InChI=1S/C17H34O2Si2/c1-20(2,3)18-14-8-12-16-10-7-11-17(16)13-9-15-19-21(4,5)6/h10-11H,7-9,12-15H2,1-6H3. The Morgan fingerprint density at radius 3 is 1.48 bits per heavy atom. The zero-order valence-corrected chi connectivity index (χ0v) is 16.9. The topological polar surface area (TPSA) is 18.5 Å². The molecule has 0 unspecified atom stereocenters. The lowest BCUT2D eigenvalue weighted by Crippen LogP contribution is -2.25. The second kappa shape index (κ2) is 8.46. The fourth-order valence-electron chi connectivity index (χ4n) is 2.41. The van der Waals surface area contributed by atoms with E-state index >= 15 is 0 Å². The second-order valence-corrected chi connectivity index (χ2v) is 16.9. The summed E-state index contributed by atoms with van der Waals surface area (Å²) in [6.07, 6.45) is 10.6. The van der Waals surface area contributed by atoms with Gasteiger partial charge < -0.3 is 8.85 Å². The minimum absolute atomic E-state index is 0.916. The molecule has 0 fully saturated rings. The van der Waals surface area contributed by atoms with Crippen LogP contribution in [0.3, 0.4) is 0 Å². The summed E-state index contributed by atoms with van der Waals surface area (Å²) in [4.78, 5) is 0. The second-order valence-electron chi connectivity index (χ2n) is 7.82. The monoisotopic (exact) mass is 326 g/mol. The van der Waals surface area contributed by atoms with Crippen molar-refractivity contribution in [3.8, 4) is 0 Å². The Bertz CT molecular complexity index is 337. The van der Waals surface area contributed by atoms with Crippen LogP contribution in [0.15, 0.2) is 23.3 Å². The summed E-state index contributed by atoms with van der Waals surface area (Å²) in [5.74, 6) is 0. The first-order valence-electron chi connectivity index (χ1n) is 8.34. The van der Waals surface area contributed by atoms with E-state index < -0.39 is 16.6 Å². The first kappa shape index (κ1) is 18.9. The molecule has 1 rings (SSSR count). The molecule has 1 aliphatic rings. The third-order valence-corrected chi connectivity index (χ3v) is 5.53.